The van der Waals surface area contributed by atoms with E-state index >= 15 is 4.79 Å². The van der Waals surface area contributed by atoms with Gasteiger partial charge in [0.25, 0.3) is 5.91 Å². The molecule has 2 saturated heterocycles. The summed E-state index contributed by atoms with van der Waals surface area (Å²) in [5, 5.41) is 21.1. The van der Waals surface area contributed by atoms with Crippen LogP contribution in [0.2, 0.25) is 23.7 Å². The molecule has 10 nitrogen and oxygen atoms in total. The molecule has 1 aromatic heterocycles. The third kappa shape index (κ3) is 6.64. The zero-order valence-electron chi connectivity index (χ0n) is 32.3. The van der Waals surface area contributed by atoms with E-state index in [1.165, 1.54) is 5.19 Å². The largest absolute Gasteiger partial charge is 0.497 e. The highest BCUT2D eigenvalue weighted by Gasteiger charge is 2.66. The summed E-state index contributed by atoms with van der Waals surface area (Å²) in [4.78, 5) is 31.3. The Morgan fingerprint density at radius 2 is 1.77 bits per heavy atom. The number of aromatic nitrogens is 3. The lowest BCUT2D eigenvalue weighted by atomic mass is 9.82. The first-order valence-corrected chi connectivity index (χ1v) is 22.9. The van der Waals surface area contributed by atoms with Gasteiger partial charge in [-0.3, -0.25) is 14.3 Å². The summed E-state index contributed by atoms with van der Waals surface area (Å²) < 4.78 is 14.7. The Bertz CT molecular complexity index is 2220. The van der Waals surface area contributed by atoms with Crippen LogP contribution in [0.1, 0.15) is 54.5 Å². The molecule has 0 aliphatic carbocycles. The van der Waals surface area contributed by atoms with Gasteiger partial charge in [-0.1, -0.05) is 96.6 Å². The fourth-order valence-electron chi connectivity index (χ4n) is 9.49. The number of halogens is 1. The molecule has 0 radical (unpaired) electrons. The van der Waals surface area contributed by atoms with Gasteiger partial charge in [0.2, 0.25) is 5.91 Å². The highest BCUT2D eigenvalue weighted by Crippen LogP contribution is 2.60. The Hall–Kier alpha value is -4.81. The molecule has 2 amide bonds. The topological polar surface area (TPSA) is 110 Å². The third-order valence-electron chi connectivity index (χ3n) is 12.4. The number of carbonyl (C=O) groups excluding carboxylic acids is 2. The first kappa shape index (κ1) is 38.1. The number of hydrogen-bond donors (Lipinski definition) is 1. The van der Waals surface area contributed by atoms with Gasteiger partial charge in [-0.05, 0) is 72.0 Å². The molecule has 4 heterocycles. The normalized spacial score (nSPS) is 22.6. The smallest absolute Gasteiger partial charge is 0.264 e. The molecule has 1 spiro atoms. The van der Waals surface area contributed by atoms with Gasteiger partial charge in [-0.15, -0.1) is 5.10 Å². The summed E-state index contributed by atoms with van der Waals surface area (Å²) in [6.45, 7) is 8.42. The van der Waals surface area contributed by atoms with Crippen molar-refractivity contribution in [3.63, 3.8) is 0 Å². The molecule has 2 fully saturated rings. The number of aliphatic hydroxyl groups is 1. The van der Waals surface area contributed by atoms with Gasteiger partial charge in [0.1, 0.15) is 5.75 Å². The molecule has 5 atom stereocenters. The van der Waals surface area contributed by atoms with Crippen molar-refractivity contribution < 1.29 is 24.2 Å². The number of hydrogen-bond acceptors (Lipinski definition) is 7. The van der Waals surface area contributed by atoms with Crippen LogP contribution in [0.15, 0.2) is 103 Å². The van der Waals surface area contributed by atoms with Crippen molar-refractivity contribution in [2.24, 2.45) is 5.92 Å². The SMILES string of the molecule is COc1ccc([Si](C)(C)[C@H]2[C@H](CCn3cc(C(CO)c4ccccc4)nn3)O[C@@]3(C(=O)N(Cc4ccc(N5CCCC5=O)cc4)c4ccc(Cl)cc43)[C@@H]2C)cc1. The summed E-state index contributed by atoms with van der Waals surface area (Å²) in [5.41, 5.74) is 3.88. The van der Waals surface area contributed by atoms with Gasteiger partial charge in [-0.2, -0.15) is 0 Å². The van der Waals surface area contributed by atoms with Crippen molar-refractivity contribution in [2.45, 2.75) is 75.5 Å². The van der Waals surface area contributed by atoms with E-state index < -0.39 is 13.7 Å². The molecule has 5 aromatic rings. The molecule has 1 N–H and O–H groups in total. The molecule has 0 saturated carbocycles. The standard InChI is InChI=1S/C44H48ClN5O5Si/c1-29-42(56(3,4)35-19-17-34(54-2)18-20-35)40(22-24-48-27-38(46-47-48)36(28-51)31-9-6-5-7-10-31)55-44(29)37-25-32(45)14-21-39(37)50(43(44)53)26-30-12-15-33(16-13-30)49-23-8-11-41(49)52/h5-7,9-10,12-21,25,27,29,36,40,42,51H,8,11,22-24,26,28H2,1-4H3/t29-,36?,40+,42-,44+/m1/s1. The molecule has 56 heavy (non-hydrogen) atoms. The number of carbonyl (C=O) groups is 2. The number of methoxy groups -OCH3 is 1. The number of fused-ring (bicyclic) bond motifs is 2. The second-order valence-electron chi connectivity index (χ2n) is 15.9. The Balaban J connectivity index is 1.13. The van der Waals surface area contributed by atoms with Gasteiger partial charge in [0, 0.05) is 47.9 Å². The molecular formula is C44H48ClN5O5Si. The van der Waals surface area contributed by atoms with E-state index in [9.17, 15) is 9.90 Å². The predicted octanol–water partition coefficient (Wildman–Crippen LogP) is 7.04. The van der Waals surface area contributed by atoms with Crippen LogP contribution < -0.4 is 19.7 Å². The number of amides is 2. The highest BCUT2D eigenvalue weighted by molar-refractivity contribution is 6.91. The third-order valence-corrected chi connectivity index (χ3v) is 17.0. The van der Waals surface area contributed by atoms with E-state index in [0.717, 1.165) is 46.8 Å². The van der Waals surface area contributed by atoms with Crippen molar-refractivity contribution in [2.75, 3.05) is 30.1 Å². The van der Waals surface area contributed by atoms with Crippen LogP contribution in [0.5, 0.6) is 5.75 Å². The quantitative estimate of drug-likeness (QED) is 0.135. The van der Waals surface area contributed by atoms with Gasteiger partial charge in [-0.25, -0.2) is 0 Å². The van der Waals surface area contributed by atoms with Crippen LogP contribution >= 0.6 is 11.6 Å². The van der Waals surface area contributed by atoms with Gasteiger partial charge in [0.05, 0.1) is 51.7 Å². The molecule has 0 bridgehead atoms. The summed E-state index contributed by atoms with van der Waals surface area (Å²) in [7, 11) is -0.711. The van der Waals surface area contributed by atoms with E-state index in [1.807, 2.05) is 106 Å². The maximum Gasteiger partial charge on any atom is 0.264 e. The zero-order chi connectivity index (χ0) is 39.2. The number of ether oxygens (including phenoxy) is 2. The average Bonchev–Trinajstić information content (AvgIpc) is 3.98. The van der Waals surface area contributed by atoms with Crippen molar-refractivity contribution >= 4 is 48.1 Å². The second-order valence-corrected chi connectivity index (χ2v) is 21.0. The lowest BCUT2D eigenvalue weighted by molar-refractivity contribution is -0.146. The number of aryl methyl sites for hydroxylation is 1. The number of anilines is 2. The lowest BCUT2D eigenvalue weighted by Crippen LogP contribution is -2.51. The zero-order valence-corrected chi connectivity index (χ0v) is 34.0. The summed E-state index contributed by atoms with van der Waals surface area (Å²) in [6, 6.07) is 31.8. The van der Waals surface area contributed by atoms with E-state index in [-0.39, 0.29) is 41.9 Å². The second kappa shape index (κ2) is 15.3. The van der Waals surface area contributed by atoms with Gasteiger partial charge < -0.3 is 24.4 Å². The molecule has 4 aromatic carbocycles. The Morgan fingerprint density at radius 1 is 1.02 bits per heavy atom. The van der Waals surface area contributed by atoms with Gasteiger partial charge in [0.15, 0.2) is 5.60 Å². The minimum atomic E-state index is -2.38. The van der Waals surface area contributed by atoms with Crippen molar-refractivity contribution in [1.82, 2.24) is 15.0 Å². The number of aliphatic hydroxyl groups excluding tert-OH is 1. The molecule has 12 heteroatoms. The summed E-state index contributed by atoms with van der Waals surface area (Å²) in [5.74, 6) is 0.365. The van der Waals surface area contributed by atoms with Crippen molar-refractivity contribution in [1.29, 1.82) is 0 Å². The molecule has 8 rings (SSSR count). The Labute approximate surface area is 334 Å². The van der Waals surface area contributed by atoms with E-state index in [1.54, 1.807) is 7.11 Å². The number of benzene rings is 4. The maximum absolute atomic E-state index is 15.2. The lowest BCUT2D eigenvalue weighted by Gasteiger charge is -2.37. The average molecular weight is 790 g/mol. The van der Waals surface area contributed by atoms with Crippen LogP contribution in [0, 0.1) is 5.92 Å². The van der Waals surface area contributed by atoms with Crippen LogP contribution in [0.3, 0.4) is 0 Å². The van der Waals surface area contributed by atoms with E-state index in [4.69, 9.17) is 21.1 Å². The van der Waals surface area contributed by atoms with E-state index in [2.05, 4.69) is 42.5 Å². The predicted molar refractivity (Wildman–Crippen MR) is 220 cm³/mol. The first-order chi connectivity index (χ1) is 27.0. The number of nitrogens with zero attached hydrogens (tertiary/aromatic N) is 5. The molecule has 3 aliphatic rings. The first-order valence-electron chi connectivity index (χ1n) is 19.4. The molecular weight excluding hydrogens is 742 g/mol. The van der Waals surface area contributed by atoms with Crippen molar-refractivity contribution in [3.8, 4) is 5.75 Å². The fourth-order valence-corrected chi connectivity index (χ4v) is 13.7. The van der Waals surface area contributed by atoms with Crippen LogP contribution in [-0.4, -0.2) is 66.4 Å². The number of rotatable bonds is 12. The Kier molecular flexibility index (Phi) is 10.4. The molecule has 1 unspecified atom stereocenters. The maximum atomic E-state index is 15.2. The summed E-state index contributed by atoms with van der Waals surface area (Å²) >= 11 is 6.74. The van der Waals surface area contributed by atoms with Crippen LogP contribution in [0.4, 0.5) is 11.4 Å². The minimum Gasteiger partial charge on any atom is -0.497 e. The van der Waals surface area contributed by atoms with Crippen LogP contribution in [-0.2, 0) is 33.0 Å². The minimum absolute atomic E-state index is 0.0291. The molecule has 3 aliphatic heterocycles. The van der Waals surface area contributed by atoms with Crippen molar-refractivity contribution in [3.05, 3.63) is 131 Å². The van der Waals surface area contributed by atoms with E-state index in [0.29, 0.717) is 36.6 Å². The monoisotopic (exact) mass is 789 g/mol. The Morgan fingerprint density at radius 3 is 2.45 bits per heavy atom. The highest BCUT2D eigenvalue weighted by atomic mass is 35.5. The van der Waals surface area contributed by atoms with Crippen LogP contribution in [0.25, 0.3) is 0 Å². The molecule has 290 valence electrons. The fraction of sp³-hybridized carbons (Fsp3) is 0.364. The van der Waals surface area contributed by atoms with Gasteiger partial charge >= 0.3 is 0 Å². The summed E-state index contributed by atoms with van der Waals surface area (Å²) in [6.07, 6.45) is 3.65.